The van der Waals surface area contributed by atoms with Crippen LogP contribution in [0.25, 0.3) is 22.1 Å². The molecule has 1 aliphatic rings. The van der Waals surface area contributed by atoms with Gasteiger partial charge in [-0.3, -0.25) is 4.57 Å². The first-order valence-electron chi connectivity index (χ1n) is 7.90. The maximum absolute atomic E-state index is 12.5. The molecular formula is C17H17N5O. The third-order valence-electron chi connectivity index (χ3n) is 4.75. The van der Waals surface area contributed by atoms with E-state index in [-0.39, 0.29) is 11.7 Å². The van der Waals surface area contributed by atoms with Gasteiger partial charge in [0.05, 0.1) is 23.3 Å². The number of hydrogen-bond acceptors (Lipinski definition) is 3. The number of aromatic amines is 2. The van der Waals surface area contributed by atoms with Crippen molar-refractivity contribution in [2.75, 3.05) is 0 Å². The summed E-state index contributed by atoms with van der Waals surface area (Å²) in [5.41, 5.74) is 2.42. The average Bonchev–Trinajstić information content (AvgIpc) is 3.16. The molecule has 1 aliphatic carbocycles. The molecule has 23 heavy (non-hydrogen) atoms. The molecule has 0 radical (unpaired) electrons. The van der Waals surface area contributed by atoms with Crippen LogP contribution in [0.2, 0.25) is 0 Å². The Morgan fingerprint density at radius 2 is 2.35 bits per heavy atom. The van der Waals surface area contributed by atoms with E-state index in [2.05, 4.69) is 21.0 Å². The van der Waals surface area contributed by atoms with Crippen LogP contribution in [0.4, 0.5) is 0 Å². The molecule has 2 N–H and O–H groups in total. The number of aromatic nitrogens is 4. The number of fused-ring (bicyclic) bond motifs is 3. The van der Waals surface area contributed by atoms with Crippen LogP contribution in [0, 0.1) is 17.2 Å². The summed E-state index contributed by atoms with van der Waals surface area (Å²) in [6.45, 7) is 0. The third-order valence-corrected chi connectivity index (χ3v) is 4.75. The highest BCUT2D eigenvalue weighted by Crippen LogP contribution is 2.35. The number of H-pyrrole nitrogens is 2. The first kappa shape index (κ1) is 13.8. The van der Waals surface area contributed by atoms with E-state index >= 15 is 0 Å². The lowest BCUT2D eigenvalue weighted by Crippen LogP contribution is -2.26. The van der Waals surface area contributed by atoms with Gasteiger partial charge in [-0.25, -0.2) is 9.78 Å². The molecule has 0 spiro atoms. The molecule has 3 aromatic rings. The van der Waals surface area contributed by atoms with Gasteiger partial charge in [0, 0.05) is 23.7 Å². The Hall–Kier alpha value is -2.81. The minimum absolute atomic E-state index is 0.0783. The third kappa shape index (κ3) is 2.25. The summed E-state index contributed by atoms with van der Waals surface area (Å²) >= 11 is 0. The second-order valence-electron chi connectivity index (χ2n) is 6.13. The molecule has 6 heteroatoms. The van der Waals surface area contributed by atoms with Gasteiger partial charge in [-0.1, -0.05) is 12.5 Å². The molecule has 0 amide bonds. The largest absolute Gasteiger partial charge is 0.346 e. The fourth-order valence-corrected chi connectivity index (χ4v) is 3.76. The van der Waals surface area contributed by atoms with Crippen LogP contribution in [-0.4, -0.2) is 19.5 Å². The van der Waals surface area contributed by atoms with Crippen LogP contribution < -0.4 is 5.69 Å². The minimum atomic E-state index is -0.0783. The van der Waals surface area contributed by atoms with Crippen LogP contribution in [0.1, 0.15) is 31.7 Å². The molecule has 3 aromatic heterocycles. The van der Waals surface area contributed by atoms with Gasteiger partial charge in [0.2, 0.25) is 0 Å². The van der Waals surface area contributed by atoms with E-state index in [1.807, 2.05) is 22.9 Å². The SMILES string of the molecule is N#CC=C[C@@H]1CCC[C@@H](n2c(=O)[nH]c3cnc4[nH]ccc4c32)C1. The van der Waals surface area contributed by atoms with E-state index in [1.165, 1.54) is 0 Å². The molecule has 1 saturated carbocycles. The highest BCUT2D eigenvalue weighted by Gasteiger charge is 2.25. The summed E-state index contributed by atoms with van der Waals surface area (Å²) in [7, 11) is 0. The van der Waals surface area contributed by atoms with Crippen LogP contribution in [0.15, 0.2) is 35.4 Å². The fourth-order valence-electron chi connectivity index (χ4n) is 3.76. The first-order chi connectivity index (χ1) is 11.3. The van der Waals surface area contributed by atoms with Crippen molar-refractivity contribution in [2.24, 2.45) is 5.92 Å². The van der Waals surface area contributed by atoms with Crippen molar-refractivity contribution in [2.45, 2.75) is 31.7 Å². The average molecular weight is 307 g/mol. The predicted octanol–water partition coefficient (Wildman–Crippen LogP) is 3.02. The zero-order valence-corrected chi connectivity index (χ0v) is 12.6. The quantitative estimate of drug-likeness (QED) is 0.713. The molecule has 116 valence electrons. The lowest BCUT2D eigenvalue weighted by atomic mass is 9.85. The van der Waals surface area contributed by atoms with Crippen molar-refractivity contribution in [1.82, 2.24) is 19.5 Å². The molecule has 0 aromatic carbocycles. The monoisotopic (exact) mass is 307 g/mol. The zero-order chi connectivity index (χ0) is 15.8. The maximum Gasteiger partial charge on any atom is 0.326 e. The van der Waals surface area contributed by atoms with Crippen molar-refractivity contribution < 1.29 is 0 Å². The first-order valence-corrected chi connectivity index (χ1v) is 7.90. The van der Waals surface area contributed by atoms with E-state index in [1.54, 1.807) is 12.3 Å². The molecule has 0 aliphatic heterocycles. The van der Waals surface area contributed by atoms with Crippen molar-refractivity contribution in [1.29, 1.82) is 5.26 Å². The van der Waals surface area contributed by atoms with Crippen LogP contribution >= 0.6 is 0 Å². The van der Waals surface area contributed by atoms with Crippen LogP contribution in [0.5, 0.6) is 0 Å². The molecule has 0 saturated heterocycles. The Kier molecular flexibility index (Phi) is 3.27. The van der Waals surface area contributed by atoms with Gasteiger partial charge >= 0.3 is 5.69 Å². The van der Waals surface area contributed by atoms with E-state index in [4.69, 9.17) is 5.26 Å². The summed E-state index contributed by atoms with van der Waals surface area (Å²) in [5.74, 6) is 0.355. The van der Waals surface area contributed by atoms with Gasteiger partial charge in [-0.15, -0.1) is 0 Å². The van der Waals surface area contributed by atoms with Crippen molar-refractivity contribution in [3.8, 4) is 6.07 Å². The Morgan fingerprint density at radius 1 is 1.43 bits per heavy atom. The highest BCUT2D eigenvalue weighted by molar-refractivity contribution is 6.00. The lowest BCUT2D eigenvalue weighted by molar-refractivity contribution is 0.304. The topological polar surface area (TPSA) is 90.3 Å². The summed E-state index contributed by atoms with van der Waals surface area (Å²) in [5, 5.41) is 9.69. The Morgan fingerprint density at radius 3 is 3.22 bits per heavy atom. The van der Waals surface area contributed by atoms with Gasteiger partial charge in [0.1, 0.15) is 5.65 Å². The molecule has 4 rings (SSSR count). The second kappa shape index (κ2) is 5.43. The predicted molar refractivity (Wildman–Crippen MR) is 88.0 cm³/mol. The molecule has 6 nitrogen and oxygen atoms in total. The number of nitriles is 1. The molecule has 3 heterocycles. The summed E-state index contributed by atoms with van der Waals surface area (Å²) in [6.07, 6.45) is 11.1. The molecule has 0 unspecified atom stereocenters. The Bertz CT molecular complexity index is 984. The van der Waals surface area contributed by atoms with Crippen molar-refractivity contribution in [3.63, 3.8) is 0 Å². The lowest BCUT2D eigenvalue weighted by Gasteiger charge is -2.28. The van der Waals surface area contributed by atoms with E-state index in [9.17, 15) is 4.79 Å². The molecule has 2 atom stereocenters. The van der Waals surface area contributed by atoms with Gasteiger partial charge in [-0.05, 0) is 31.2 Å². The summed E-state index contributed by atoms with van der Waals surface area (Å²) < 4.78 is 1.89. The van der Waals surface area contributed by atoms with E-state index in [0.29, 0.717) is 5.92 Å². The summed E-state index contributed by atoms with van der Waals surface area (Å²) in [6, 6.07) is 4.17. The molecular weight excluding hydrogens is 290 g/mol. The van der Waals surface area contributed by atoms with Crippen LogP contribution in [0.3, 0.4) is 0 Å². The second-order valence-corrected chi connectivity index (χ2v) is 6.13. The zero-order valence-electron chi connectivity index (χ0n) is 12.6. The van der Waals surface area contributed by atoms with Crippen molar-refractivity contribution in [3.05, 3.63) is 41.1 Å². The molecule has 1 fully saturated rings. The van der Waals surface area contributed by atoms with E-state index in [0.717, 1.165) is 47.8 Å². The Labute approximate surface area is 132 Å². The Balaban J connectivity index is 1.83. The number of rotatable bonds is 2. The van der Waals surface area contributed by atoms with Gasteiger partial charge in [0.15, 0.2) is 0 Å². The number of imidazole rings is 1. The highest BCUT2D eigenvalue weighted by atomic mass is 16.1. The summed E-state index contributed by atoms with van der Waals surface area (Å²) in [4.78, 5) is 22.9. The van der Waals surface area contributed by atoms with Gasteiger partial charge < -0.3 is 9.97 Å². The number of pyridine rings is 1. The van der Waals surface area contributed by atoms with Crippen molar-refractivity contribution >= 4 is 22.1 Å². The standard InChI is InChI=1S/C17H17N5O/c18-7-2-4-11-3-1-5-12(9-11)22-15-13-6-8-19-16(13)20-10-14(15)21-17(22)23/h2,4,6,8,10-12H,1,3,5,9H2,(H,19,20)(H,21,23)/t11-,12+/m0/s1. The smallest absolute Gasteiger partial charge is 0.326 e. The molecule has 0 bridgehead atoms. The minimum Gasteiger partial charge on any atom is -0.346 e. The number of nitrogens with zero attached hydrogens (tertiary/aromatic N) is 3. The van der Waals surface area contributed by atoms with Crippen LogP contribution in [-0.2, 0) is 0 Å². The normalized spacial score (nSPS) is 22.0. The van der Waals surface area contributed by atoms with Gasteiger partial charge in [0.25, 0.3) is 0 Å². The number of nitrogens with one attached hydrogen (secondary N) is 2. The maximum atomic E-state index is 12.5. The van der Waals surface area contributed by atoms with Gasteiger partial charge in [-0.2, -0.15) is 5.26 Å². The number of allylic oxidation sites excluding steroid dienone is 2. The van der Waals surface area contributed by atoms with E-state index < -0.39 is 0 Å². The number of hydrogen-bond donors (Lipinski definition) is 2. The fraction of sp³-hybridized carbons (Fsp3) is 0.353.